The first kappa shape index (κ1) is 12.7. The molecule has 8 heteroatoms. The number of H-pyrrole nitrogens is 1. The number of halogens is 1. The lowest BCUT2D eigenvalue weighted by atomic mass is 10.1. The summed E-state index contributed by atoms with van der Waals surface area (Å²) in [6.45, 7) is 1.61. The minimum atomic E-state index is -1.28. The van der Waals surface area contributed by atoms with E-state index >= 15 is 0 Å². The van der Waals surface area contributed by atoms with E-state index in [0.717, 1.165) is 18.2 Å². The maximum absolute atomic E-state index is 13.1. The molecule has 1 heterocycles. The molecule has 0 aliphatic heterocycles. The third-order valence-electron chi connectivity index (χ3n) is 2.26. The summed E-state index contributed by atoms with van der Waals surface area (Å²) < 4.78 is 13.1. The second-order valence-corrected chi connectivity index (χ2v) is 3.69. The number of nitrogens with zero attached hydrogens (tertiary/aromatic N) is 2. The Hall–Kier alpha value is -2.77. The number of carboxylic acid groups (broad SMARTS) is 1. The summed E-state index contributed by atoms with van der Waals surface area (Å²) in [4.78, 5) is 26.5. The fraction of sp³-hybridized carbons (Fsp3) is 0.0909. The molecule has 19 heavy (non-hydrogen) atoms. The minimum absolute atomic E-state index is 0.153. The molecule has 7 nitrogen and oxygen atoms in total. The molecule has 0 saturated carbocycles. The van der Waals surface area contributed by atoms with Crippen LogP contribution in [0.1, 0.15) is 26.8 Å². The molecule has 2 aromatic rings. The molecule has 1 aromatic carbocycles. The van der Waals surface area contributed by atoms with Crippen molar-refractivity contribution in [2.75, 3.05) is 5.32 Å². The van der Waals surface area contributed by atoms with Crippen LogP contribution in [0.3, 0.4) is 0 Å². The number of amides is 1. The van der Waals surface area contributed by atoms with Gasteiger partial charge >= 0.3 is 5.97 Å². The summed E-state index contributed by atoms with van der Waals surface area (Å²) in [5.74, 6) is -2.38. The van der Waals surface area contributed by atoms with E-state index in [1.54, 1.807) is 6.92 Å². The van der Waals surface area contributed by atoms with Crippen molar-refractivity contribution in [1.29, 1.82) is 0 Å². The quantitative estimate of drug-likeness (QED) is 0.772. The highest BCUT2D eigenvalue weighted by Gasteiger charge is 2.16. The Morgan fingerprint density at radius 3 is 2.74 bits per heavy atom. The highest BCUT2D eigenvalue weighted by atomic mass is 19.1. The van der Waals surface area contributed by atoms with Crippen molar-refractivity contribution in [2.45, 2.75) is 6.92 Å². The highest BCUT2D eigenvalue weighted by Crippen LogP contribution is 2.17. The Morgan fingerprint density at radius 1 is 1.42 bits per heavy atom. The zero-order valence-electron chi connectivity index (χ0n) is 9.77. The molecule has 0 atom stereocenters. The number of aromatic nitrogens is 3. The third kappa shape index (κ3) is 2.73. The first-order valence-corrected chi connectivity index (χ1v) is 5.20. The maximum atomic E-state index is 13.1. The smallest absolute Gasteiger partial charge is 0.337 e. The molecule has 0 bridgehead atoms. The topological polar surface area (TPSA) is 108 Å². The summed E-state index contributed by atoms with van der Waals surface area (Å²) in [6.07, 6.45) is 0. The molecule has 3 N–H and O–H groups in total. The Labute approximate surface area is 106 Å². The third-order valence-corrected chi connectivity index (χ3v) is 2.26. The molecular weight excluding hydrogens is 255 g/mol. The average molecular weight is 264 g/mol. The van der Waals surface area contributed by atoms with Gasteiger partial charge < -0.3 is 10.4 Å². The van der Waals surface area contributed by atoms with Gasteiger partial charge in [-0.2, -0.15) is 0 Å². The first-order valence-electron chi connectivity index (χ1n) is 5.20. The zero-order chi connectivity index (χ0) is 14.0. The van der Waals surface area contributed by atoms with Crippen LogP contribution in [0.4, 0.5) is 10.1 Å². The number of benzene rings is 1. The number of carbonyl (C=O) groups excluding carboxylic acids is 1. The van der Waals surface area contributed by atoms with Crippen molar-refractivity contribution in [3.05, 3.63) is 41.2 Å². The standard InChI is InChI=1S/C11H9FN4O3/c1-5-13-9(16-15-5)10(17)14-8-4-6(12)2-3-7(8)11(18)19/h2-4H,1H3,(H,14,17)(H,18,19)(H,13,15,16). The van der Waals surface area contributed by atoms with Crippen LogP contribution < -0.4 is 5.32 Å². The van der Waals surface area contributed by atoms with Crippen LogP contribution in [0.25, 0.3) is 0 Å². The number of aromatic amines is 1. The van der Waals surface area contributed by atoms with Crippen molar-refractivity contribution in [3.8, 4) is 0 Å². The molecule has 0 aliphatic carbocycles. The van der Waals surface area contributed by atoms with Crippen LogP contribution in [-0.2, 0) is 0 Å². The Bertz CT molecular complexity index is 653. The molecule has 2 rings (SSSR count). The van der Waals surface area contributed by atoms with Gasteiger partial charge in [0.1, 0.15) is 11.6 Å². The van der Waals surface area contributed by atoms with Crippen LogP contribution >= 0.6 is 0 Å². The van der Waals surface area contributed by atoms with Crippen LogP contribution in [0.15, 0.2) is 18.2 Å². The molecule has 0 spiro atoms. The number of hydrogen-bond donors (Lipinski definition) is 3. The van der Waals surface area contributed by atoms with E-state index in [9.17, 15) is 14.0 Å². The number of carboxylic acids is 1. The first-order chi connectivity index (χ1) is 8.97. The number of aromatic carboxylic acids is 1. The van der Waals surface area contributed by atoms with Gasteiger partial charge in [-0.05, 0) is 25.1 Å². The van der Waals surface area contributed by atoms with Crippen LogP contribution in [0.2, 0.25) is 0 Å². The van der Waals surface area contributed by atoms with Gasteiger partial charge in [-0.15, -0.1) is 5.10 Å². The summed E-state index contributed by atoms with van der Waals surface area (Å²) in [6, 6.07) is 2.98. The van der Waals surface area contributed by atoms with Gasteiger partial charge in [0.15, 0.2) is 0 Å². The fourth-order valence-electron chi connectivity index (χ4n) is 1.43. The number of nitrogens with one attached hydrogen (secondary N) is 2. The van der Waals surface area contributed by atoms with Gasteiger partial charge in [0, 0.05) is 0 Å². The SMILES string of the molecule is Cc1nc(C(=O)Nc2cc(F)ccc2C(=O)O)n[nH]1. The molecule has 0 unspecified atom stereocenters. The van der Waals surface area contributed by atoms with Gasteiger partial charge in [0.2, 0.25) is 5.82 Å². The number of hydrogen-bond acceptors (Lipinski definition) is 4. The van der Waals surface area contributed by atoms with E-state index in [1.165, 1.54) is 0 Å². The summed E-state index contributed by atoms with van der Waals surface area (Å²) in [5, 5.41) is 17.3. The van der Waals surface area contributed by atoms with E-state index in [2.05, 4.69) is 20.5 Å². The number of rotatable bonds is 3. The summed E-state index contributed by atoms with van der Waals surface area (Å²) >= 11 is 0. The largest absolute Gasteiger partial charge is 0.478 e. The fourth-order valence-corrected chi connectivity index (χ4v) is 1.43. The normalized spacial score (nSPS) is 10.2. The van der Waals surface area contributed by atoms with E-state index in [0.29, 0.717) is 5.82 Å². The lowest BCUT2D eigenvalue weighted by Gasteiger charge is -2.06. The Balaban J connectivity index is 2.30. The number of carbonyl (C=O) groups is 2. The summed E-state index contributed by atoms with van der Waals surface area (Å²) in [7, 11) is 0. The van der Waals surface area contributed by atoms with Crippen molar-refractivity contribution in [1.82, 2.24) is 15.2 Å². The van der Waals surface area contributed by atoms with Gasteiger partial charge in [-0.3, -0.25) is 9.89 Å². The molecule has 1 aromatic heterocycles. The van der Waals surface area contributed by atoms with Crippen molar-refractivity contribution in [3.63, 3.8) is 0 Å². The van der Waals surface area contributed by atoms with Gasteiger partial charge in [0.05, 0.1) is 11.3 Å². The second-order valence-electron chi connectivity index (χ2n) is 3.69. The summed E-state index contributed by atoms with van der Waals surface area (Å²) in [5.41, 5.74) is -0.373. The second kappa shape index (κ2) is 4.84. The van der Waals surface area contributed by atoms with Crippen LogP contribution in [-0.4, -0.2) is 32.2 Å². The molecule has 98 valence electrons. The van der Waals surface area contributed by atoms with Crippen molar-refractivity contribution >= 4 is 17.6 Å². The van der Waals surface area contributed by atoms with E-state index < -0.39 is 17.7 Å². The Kier molecular flexibility index (Phi) is 3.23. The number of anilines is 1. The average Bonchev–Trinajstić information content (AvgIpc) is 2.75. The monoisotopic (exact) mass is 264 g/mol. The van der Waals surface area contributed by atoms with Gasteiger partial charge in [-0.25, -0.2) is 14.2 Å². The maximum Gasteiger partial charge on any atom is 0.337 e. The lowest BCUT2D eigenvalue weighted by molar-refractivity contribution is 0.0698. The van der Waals surface area contributed by atoms with E-state index in [1.807, 2.05) is 0 Å². The highest BCUT2D eigenvalue weighted by molar-refractivity contribution is 6.05. The lowest BCUT2D eigenvalue weighted by Crippen LogP contribution is -2.16. The zero-order valence-corrected chi connectivity index (χ0v) is 9.77. The van der Waals surface area contributed by atoms with Crippen LogP contribution in [0, 0.1) is 12.7 Å². The predicted molar refractivity (Wildman–Crippen MR) is 62.4 cm³/mol. The number of aryl methyl sites for hydroxylation is 1. The molecule has 1 amide bonds. The Morgan fingerprint density at radius 2 is 2.16 bits per heavy atom. The molecule has 0 radical (unpaired) electrons. The predicted octanol–water partition coefficient (Wildman–Crippen LogP) is 1.20. The van der Waals surface area contributed by atoms with E-state index in [-0.39, 0.29) is 17.1 Å². The molecule has 0 saturated heterocycles. The van der Waals surface area contributed by atoms with Gasteiger partial charge in [-0.1, -0.05) is 0 Å². The molecular formula is C11H9FN4O3. The van der Waals surface area contributed by atoms with E-state index in [4.69, 9.17) is 5.11 Å². The molecule has 0 aliphatic rings. The van der Waals surface area contributed by atoms with Crippen LogP contribution in [0.5, 0.6) is 0 Å². The van der Waals surface area contributed by atoms with Gasteiger partial charge in [0.25, 0.3) is 5.91 Å². The van der Waals surface area contributed by atoms with Crippen molar-refractivity contribution in [2.24, 2.45) is 0 Å². The molecule has 0 fully saturated rings. The van der Waals surface area contributed by atoms with Crippen molar-refractivity contribution < 1.29 is 19.1 Å². The minimum Gasteiger partial charge on any atom is -0.478 e.